The van der Waals surface area contributed by atoms with Gasteiger partial charge in [0, 0.05) is 23.8 Å². The van der Waals surface area contributed by atoms with Crippen molar-refractivity contribution >= 4 is 11.9 Å². The molecule has 3 amide bonds. The molecule has 0 aromatic heterocycles. The summed E-state index contributed by atoms with van der Waals surface area (Å²) < 4.78 is 38.1. The summed E-state index contributed by atoms with van der Waals surface area (Å²) in [5.74, 6) is -0.357. The van der Waals surface area contributed by atoms with Crippen LogP contribution in [0.25, 0.3) is 0 Å². The van der Waals surface area contributed by atoms with E-state index in [0.29, 0.717) is 13.0 Å². The number of rotatable bonds is 3. The monoisotopic (exact) mass is 451 g/mol. The highest BCUT2D eigenvalue weighted by Crippen LogP contribution is 2.75. The smallest absolute Gasteiger partial charge is 0.389 e. The van der Waals surface area contributed by atoms with Crippen LogP contribution in [0.4, 0.5) is 18.0 Å². The molecule has 2 saturated heterocycles. The number of carbonyl (C=O) groups is 2. The lowest BCUT2D eigenvalue weighted by Crippen LogP contribution is -2.76. The van der Waals surface area contributed by atoms with Gasteiger partial charge >= 0.3 is 12.2 Å². The van der Waals surface area contributed by atoms with Crippen molar-refractivity contribution in [1.82, 2.24) is 15.5 Å². The molecule has 2 heterocycles. The maximum Gasteiger partial charge on any atom is 0.389 e. The number of nitrogens with one attached hydrogen (secondary N) is 2. The molecule has 5 aliphatic rings. The highest BCUT2D eigenvalue weighted by molar-refractivity contribution is 6.07. The molecule has 2 unspecified atom stereocenters. The standard InChI is InChI=1S/C22H24F3N3O4/c23-22(24,25)4-1-7-28-11-18-9-19(14-8-12(29)2-3-13(14)18)10-20(16(30)26-17(31)27-20)5-6-21(19,32)15(18)28/h2-3,8,15,29,32H,1,4-7,9-11H2,(H2,26,27,30,31)/t15-,18?,19-,20+,21?/m1/s1. The predicted octanol–water partition coefficient (Wildman–Crippen LogP) is 1.80. The van der Waals surface area contributed by atoms with Crippen molar-refractivity contribution in [2.24, 2.45) is 0 Å². The predicted molar refractivity (Wildman–Crippen MR) is 105 cm³/mol. The van der Waals surface area contributed by atoms with Crippen LogP contribution in [0.1, 0.15) is 49.7 Å². The number of amides is 3. The van der Waals surface area contributed by atoms with Crippen molar-refractivity contribution in [2.45, 2.75) is 72.7 Å². The van der Waals surface area contributed by atoms with Crippen molar-refractivity contribution in [3.8, 4) is 5.75 Å². The van der Waals surface area contributed by atoms with E-state index in [1.165, 1.54) is 0 Å². The molecule has 7 nitrogen and oxygen atoms in total. The second-order valence-corrected chi connectivity index (χ2v) is 10.3. The van der Waals surface area contributed by atoms with Crippen molar-refractivity contribution < 1.29 is 33.0 Å². The third kappa shape index (κ3) is 2.24. The van der Waals surface area contributed by atoms with Gasteiger partial charge < -0.3 is 15.5 Å². The van der Waals surface area contributed by atoms with Gasteiger partial charge in [-0.05, 0) is 61.9 Å². The average Bonchev–Trinajstić information content (AvgIpc) is 3.17. The summed E-state index contributed by atoms with van der Waals surface area (Å²) in [5, 5.41) is 27.4. The van der Waals surface area contributed by atoms with E-state index < -0.39 is 46.5 Å². The van der Waals surface area contributed by atoms with Gasteiger partial charge in [0.15, 0.2) is 0 Å². The molecule has 2 saturated carbocycles. The van der Waals surface area contributed by atoms with E-state index in [1.807, 2.05) is 11.0 Å². The first kappa shape index (κ1) is 20.3. The van der Waals surface area contributed by atoms with Crippen LogP contribution in [0.2, 0.25) is 0 Å². The lowest BCUT2D eigenvalue weighted by Gasteiger charge is -2.63. The average molecular weight is 451 g/mol. The second kappa shape index (κ2) is 5.77. The molecule has 2 bridgehead atoms. The number of aliphatic hydroxyl groups is 1. The molecular weight excluding hydrogens is 427 g/mol. The summed E-state index contributed by atoms with van der Waals surface area (Å²) in [6.07, 6.45) is -3.90. The Kier molecular flexibility index (Phi) is 3.66. The lowest BCUT2D eigenvalue weighted by molar-refractivity contribution is -0.163. The molecule has 5 atom stereocenters. The number of imide groups is 1. The summed E-state index contributed by atoms with van der Waals surface area (Å²) >= 11 is 0. The fourth-order valence-electron chi connectivity index (χ4n) is 7.87. The summed E-state index contributed by atoms with van der Waals surface area (Å²) in [6.45, 7) is 0.767. The number of benzene rings is 1. The lowest BCUT2D eigenvalue weighted by atomic mass is 9.52. The van der Waals surface area contributed by atoms with Gasteiger partial charge in [0.1, 0.15) is 11.3 Å². The zero-order valence-electron chi connectivity index (χ0n) is 17.3. The summed E-state index contributed by atoms with van der Waals surface area (Å²) in [4.78, 5) is 26.6. The van der Waals surface area contributed by atoms with Crippen LogP contribution in [0.3, 0.4) is 0 Å². The van der Waals surface area contributed by atoms with Gasteiger partial charge in [-0.25, -0.2) is 4.79 Å². The van der Waals surface area contributed by atoms with E-state index in [1.54, 1.807) is 12.1 Å². The number of fused-ring (bicyclic) bond motifs is 2. The Hall–Kier alpha value is -2.33. The molecule has 4 fully saturated rings. The minimum atomic E-state index is -4.22. The van der Waals surface area contributed by atoms with Crippen LogP contribution >= 0.6 is 0 Å². The Morgan fingerprint density at radius 3 is 2.62 bits per heavy atom. The zero-order valence-corrected chi connectivity index (χ0v) is 17.3. The third-order valence-corrected chi connectivity index (χ3v) is 8.78. The zero-order chi connectivity index (χ0) is 22.7. The molecule has 10 heteroatoms. The number of halogens is 3. The summed E-state index contributed by atoms with van der Waals surface area (Å²) in [7, 11) is 0. The van der Waals surface area contributed by atoms with Crippen LogP contribution < -0.4 is 10.6 Å². The topological polar surface area (TPSA) is 102 Å². The number of carbonyl (C=O) groups excluding carboxylic acids is 2. The number of phenolic OH excluding ortho intramolecular Hbond substituents is 1. The van der Waals surface area contributed by atoms with Crippen molar-refractivity contribution in [3.63, 3.8) is 0 Å². The number of urea groups is 1. The van der Waals surface area contributed by atoms with Gasteiger partial charge in [0.25, 0.3) is 5.91 Å². The first-order valence-electron chi connectivity index (χ1n) is 11.0. The summed E-state index contributed by atoms with van der Waals surface area (Å²) in [6, 6.07) is 4.17. The van der Waals surface area contributed by atoms with E-state index >= 15 is 0 Å². The van der Waals surface area contributed by atoms with Crippen molar-refractivity contribution in [3.05, 3.63) is 29.3 Å². The molecule has 2 aliphatic heterocycles. The summed E-state index contributed by atoms with van der Waals surface area (Å²) in [5.41, 5.74) is -1.93. The molecule has 6 rings (SSSR count). The third-order valence-electron chi connectivity index (χ3n) is 8.78. The quantitative estimate of drug-likeness (QED) is 0.525. The highest BCUT2D eigenvalue weighted by Gasteiger charge is 2.82. The fraction of sp³-hybridized carbons (Fsp3) is 0.636. The maximum atomic E-state index is 12.7. The molecule has 1 aromatic carbocycles. The van der Waals surface area contributed by atoms with Crippen LogP contribution in [0.5, 0.6) is 5.75 Å². The van der Waals surface area contributed by atoms with Crippen LogP contribution in [0.15, 0.2) is 18.2 Å². The van der Waals surface area contributed by atoms with Gasteiger partial charge in [0.2, 0.25) is 0 Å². The van der Waals surface area contributed by atoms with Crippen molar-refractivity contribution in [2.75, 3.05) is 13.1 Å². The molecular formula is C22H24F3N3O4. The minimum absolute atomic E-state index is 0.0377. The fourth-order valence-corrected chi connectivity index (χ4v) is 7.87. The van der Waals surface area contributed by atoms with Gasteiger partial charge in [-0.1, -0.05) is 6.07 Å². The normalized spacial score (nSPS) is 41.7. The Balaban J connectivity index is 1.41. The number of likely N-dealkylation sites (tertiary alicyclic amines) is 1. The van der Waals surface area contributed by atoms with E-state index in [9.17, 15) is 33.0 Å². The molecule has 3 spiro atoms. The molecule has 3 aliphatic carbocycles. The van der Waals surface area contributed by atoms with Crippen LogP contribution in [-0.4, -0.2) is 63.5 Å². The Bertz CT molecular complexity index is 1060. The van der Waals surface area contributed by atoms with E-state index in [0.717, 1.165) is 11.1 Å². The van der Waals surface area contributed by atoms with Crippen molar-refractivity contribution in [1.29, 1.82) is 0 Å². The number of aromatic hydroxyl groups is 1. The Morgan fingerprint density at radius 1 is 1.16 bits per heavy atom. The highest BCUT2D eigenvalue weighted by atomic mass is 19.4. The van der Waals surface area contributed by atoms with E-state index in [4.69, 9.17) is 0 Å². The van der Waals surface area contributed by atoms with Gasteiger partial charge in [-0.15, -0.1) is 0 Å². The Labute approximate surface area is 182 Å². The number of alkyl halides is 3. The van der Waals surface area contributed by atoms with Crippen LogP contribution in [-0.2, 0) is 15.6 Å². The first-order valence-corrected chi connectivity index (χ1v) is 11.0. The minimum Gasteiger partial charge on any atom is -0.508 e. The van der Waals surface area contributed by atoms with Crippen LogP contribution in [0, 0.1) is 0 Å². The molecule has 172 valence electrons. The van der Waals surface area contributed by atoms with Gasteiger partial charge in [-0.2, -0.15) is 13.2 Å². The SMILES string of the molecule is O=C1NC(=O)[C@@]2(CCC3(O)[C@@H]4N(CCCC(F)(F)F)CC45C[C@@]3(C2)c2cc(O)ccc25)N1. The number of hydrogen-bond acceptors (Lipinski definition) is 5. The Morgan fingerprint density at radius 2 is 1.94 bits per heavy atom. The maximum absolute atomic E-state index is 12.7. The first-order chi connectivity index (χ1) is 14.9. The van der Waals surface area contributed by atoms with Gasteiger partial charge in [-0.3, -0.25) is 15.0 Å². The second-order valence-electron chi connectivity index (χ2n) is 10.3. The number of nitrogens with zero attached hydrogens (tertiary/aromatic N) is 1. The molecule has 4 N–H and O–H groups in total. The molecule has 32 heavy (non-hydrogen) atoms. The van der Waals surface area contributed by atoms with E-state index in [2.05, 4.69) is 10.6 Å². The largest absolute Gasteiger partial charge is 0.508 e. The van der Waals surface area contributed by atoms with E-state index in [-0.39, 0.29) is 44.0 Å². The molecule has 0 radical (unpaired) electrons. The molecule has 1 aromatic rings. The number of hydrogen-bond donors (Lipinski definition) is 4. The number of phenols is 1. The van der Waals surface area contributed by atoms with Gasteiger partial charge in [0.05, 0.1) is 11.6 Å².